The van der Waals surface area contributed by atoms with E-state index in [2.05, 4.69) is 26.2 Å². The van der Waals surface area contributed by atoms with Gasteiger partial charge in [-0.25, -0.2) is 4.98 Å². The molecule has 0 aliphatic carbocycles. The van der Waals surface area contributed by atoms with Crippen LogP contribution in [0, 0.1) is 0 Å². The number of carbonyl (C=O) groups excluding carboxylic acids is 3. The number of nitrogens with one attached hydrogen (secondary N) is 1. The van der Waals surface area contributed by atoms with Crippen molar-refractivity contribution in [1.29, 1.82) is 0 Å². The average Bonchev–Trinajstić information content (AvgIpc) is 2.99. The van der Waals surface area contributed by atoms with Crippen LogP contribution >= 0.6 is 15.9 Å². The third-order valence-electron chi connectivity index (χ3n) is 4.04. The number of aromatic nitrogens is 1. The zero-order valence-electron chi connectivity index (χ0n) is 14.5. The Morgan fingerprint density at radius 1 is 1.15 bits per heavy atom. The zero-order valence-corrected chi connectivity index (χ0v) is 16.1. The maximum Gasteiger partial charge on any atom is 0.256 e. The Labute approximate surface area is 164 Å². The van der Waals surface area contributed by atoms with Gasteiger partial charge in [-0.3, -0.25) is 19.3 Å². The molecule has 0 saturated carbocycles. The number of hydrogen-bond acceptors (Lipinski definition) is 5. The maximum absolute atomic E-state index is 12.4. The number of amides is 3. The lowest BCUT2D eigenvalue weighted by atomic mass is 10.2. The van der Waals surface area contributed by atoms with Gasteiger partial charge < -0.3 is 10.1 Å². The van der Waals surface area contributed by atoms with E-state index in [1.165, 1.54) is 4.90 Å². The van der Waals surface area contributed by atoms with E-state index in [9.17, 15) is 14.4 Å². The molecule has 1 aliphatic heterocycles. The molecular weight excluding hydrogens is 414 g/mol. The van der Waals surface area contributed by atoms with Crippen molar-refractivity contribution in [2.45, 2.75) is 19.3 Å². The number of likely N-dealkylation sites (tertiary alicyclic amines) is 1. The normalized spacial score (nSPS) is 13.7. The van der Waals surface area contributed by atoms with Crippen LogP contribution in [-0.2, 0) is 9.59 Å². The molecule has 0 spiro atoms. The Morgan fingerprint density at radius 2 is 1.85 bits per heavy atom. The Bertz CT molecular complexity index is 838. The van der Waals surface area contributed by atoms with Crippen molar-refractivity contribution >= 4 is 33.7 Å². The van der Waals surface area contributed by atoms with Crippen LogP contribution in [0.15, 0.2) is 47.1 Å². The van der Waals surface area contributed by atoms with E-state index in [0.717, 1.165) is 4.47 Å². The van der Waals surface area contributed by atoms with Gasteiger partial charge in [-0.2, -0.15) is 0 Å². The summed E-state index contributed by atoms with van der Waals surface area (Å²) in [6.07, 6.45) is 2.59. The van der Waals surface area contributed by atoms with Gasteiger partial charge in [0, 0.05) is 36.6 Å². The minimum absolute atomic E-state index is 0.149. The molecule has 3 amide bonds. The number of hydrogen-bond donors (Lipinski definition) is 1. The molecule has 1 saturated heterocycles. The van der Waals surface area contributed by atoms with Gasteiger partial charge in [0.05, 0.1) is 0 Å². The molecule has 3 rings (SSSR count). The molecule has 27 heavy (non-hydrogen) atoms. The monoisotopic (exact) mass is 431 g/mol. The summed E-state index contributed by atoms with van der Waals surface area (Å²) in [5, 5.41) is 2.77. The molecular formula is C19H18BrN3O4. The summed E-state index contributed by atoms with van der Waals surface area (Å²) >= 11 is 3.35. The number of pyridine rings is 1. The highest BCUT2D eigenvalue weighted by atomic mass is 79.9. The summed E-state index contributed by atoms with van der Waals surface area (Å²) in [6, 6.07) is 10.5. The first-order valence-electron chi connectivity index (χ1n) is 8.54. The van der Waals surface area contributed by atoms with Gasteiger partial charge in [-0.15, -0.1) is 0 Å². The number of benzene rings is 1. The number of rotatable bonds is 7. The average molecular weight is 432 g/mol. The van der Waals surface area contributed by atoms with E-state index in [-0.39, 0.29) is 36.4 Å². The van der Waals surface area contributed by atoms with Crippen LogP contribution in [0.5, 0.6) is 11.6 Å². The fourth-order valence-corrected chi connectivity index (χ4v) is 2.93. The first-order valence-corrected chi connectivity index (χ1v) is 9.34. The summed E-state index contributed by atoms with van der Waals surface area (Å²) in [7, 11) is 0. The predicted molar refractivity (Wildman–Crippen MR) is 101 cm³/mol. The van der Waals surface area contributed by atoms with Gasteiger partial charge in [0.2, 0.25) is 17.7 Å². The van der Waals surface area contributed by atoms with E-state index in [4.69, 9.17) is 4.74 Å². The molecule has 7 nitrogen and oxygen atoms in total. The van der Waals surface area contributed by atoms with Crippen LogP contribution in [0.1, 0.15) is 29.6 Å². The SMILES string of the molecule is O=C(NCCCN1C(=O)CCC1=O)c1cccnc1Oc1ccc(Br)cc1. The minimum Gasteiger partial charge on any atom is -0.438 e. The third kappa shape index (κ3) is 4.91. The quantitative estimate of drug-likeness (QED) is 0.537. The van der Waals surface area contributed by atoms with Crippen LogP contribution in [0.2, 0.25) is 0 Å². The Kier molecular flexibility index (Phi) is 6.18. The molecule has 1 fully saturated rings. The fraction of sp³-hybridized carbons (Fsp3) is 0.263. The first-order chi connectivity index (χ1) is 13.0. The molecule has 8 heteroatoms. The predicted octanol–water partition coefficient (Wildman–Crippen LogP) is 2.91. The van der Waals surface area contributed by atoms with Gasteiger partial charge in [-0.05, 0) is 42.8 Å². The molecule has 1 aromatic carbocycles. The van der Waals surface area contributed by atoms with Crippen molar-refractivity contribution in [3.8, 4) is 11.6 Å². The van der Waals surface area contributed by atoms with Crippen molar-refractivity contribution in [1.82, 2.24) is 15.2 Å². The molecule has 2 aromatic rings. The van der Waals surface area contributed by atoms with Crippen molar-refractivity contribution < 1.29 is 19.1 Å². The lowest BCUT2D eigenvalue weighted by Gasteiger charge is -2.14. The fourth-order valence-electron chi connectivity index (χ4n) is 2.67. The van der Waals surface area contributed by atoms with Gasteiger partial charge in [0.25, 0.3) is 5.91 Å². The molecule has 1 N–H and O–H groups in total. The van der Waals surface area contributed by atoms with Gasteiger partial charge >= 0.3 is 0 Å². The van der Waals surface area contributed by atoms with Crippen molar-refractivity contribution in [3.05, 3.63) is 52.6 Å². The highest BCUT2D eigenvalue weighted by Gasteiger charge is 2.28. The zero-order chi connectivity index (χ0) is 19.2. The summed E-state index contributed by atoms with van der Waals surface area (Å²) in [4.78, 5) is 41.0. The van der Waals surface area contributed by atoms with Crippen LogP contribution in [0.25, 0.3) is 0 Å². The molecule has 0 bridgehead atoms. The number of nitrogens with zero attached hydrogens (tertiary/aromatic N) is 2. The Hall–Kier alpha value is -2.74. The molecule has 140 valence electrons. The highest BCUT2D eigenvalue weighted by Crippen LogP contribution is 2.24. The van der Waals surface area contributed by atoms with Crippen molar-refractivity contribution in [2.75, 3.05) is 13.1 Å². The van der Waals surface area contributed by atoms with Crippen LogP contribution in [-0.4, -0.2) is 40.7 Å². The summed E-state index contributed by atoms with van der Waals surface area (Å²) < 4.78 is 6.63. The van der Waals surface area contributed by atoms with Gasteiger partial charge in [0.1, 0.15) is 11.3 Å². The number of imide groups is 1. The molecule has 1 aliphatic rings. The van der Waals surface area contributed by atoms with Crippen molar-refractivity contribution in [2.24, 2.45) is 0 Å². The van der Waals surface area contributed by atoms with E-state index < -0.39 is 0 Å². The second-order valence-corrected chi connectivity index (χ2v) is 6.88. The smallest absolute Gasteiger partial charge is 0.256 e. The Balaban J connectivity index is 1.56. The van der Waals surface area contributed by atoms with E-state index in [0.29, 0.717) is 30.8 Å². The minimum atomic E-state index is -0.325. The number of carbonyl (C=O) groups is 3. The first kappa shape index (κ1) is 19.0. The number of halogens is 1. The van der Waals surface area contributed by atoms with E-state index in [1.54, 1.807) is 30.5 Å². The Morgan fingerprint density at radius 3 is 2.56 bits per heavy atom. The molecule has 0 unspecified atom stereocenters. The topological polar surface area (TPSA) is 88.6 Å². The van der Waals surface area contributed by atoms with E-state index in [1.807, 2.05) is 12.1 Å². The molecule has 1 aromatic heterocycles. The summed E-state index contributed by atoms with van der Waals surface area (Å²) in [5.41, 5.74) is 0.314. The summed E-state index contributed by atoms with van der Waals surface area (Å²) in [5.74, 6) is 0.154. The van der Waals surface area contributed by atoms with Crippen LogP contribution in [0.4, 0.5) is 0 Å². The van der Waals surface area contributed by atoms with Crippen LogP contribution < -0.4 is 10.1 Å². The lowest BCUT2D eigenvalue weighted by Crippen LogP contribution is -2.33. The molecule has 0 radical (unpaired) electrons. The third-order valence-corrected chi connectivity index (χ3v) is 4.57. The lowest BCUT2D eigenvalue weighted by molar-refractivity contribution is -0.138. The second-order valence-electron chi connectivity index (χ2n) is 5.96. The summed E-state index contributed by atoms with van der Waals surface area (Å²) in [6.45, 7) is 0.649. The van der Waals surface area contributed by atoms with Gasteiger partial charge in [-0.1, -0.05) is 15.9 Å². The largest absolute Gasteiger partial charge is 0.438 e. The standard InChI is InChI=1S/C19H18BrN3O4/c20-13-4-6-14(7-5-13)27-19-15(3-1-10-22-19)18(26)21-11-2-12-23-16(24)8-9-17(23)25/h1,3-7,10H,2,8-9,11-12H2,(H,21,26). The van der Waals surface area contributed by atoms with E-state index >= 15 is 0 Å². The maximum atomic E-state index is 12.4. The van der Waals surface area contributed by atoms with Crippen LogP contribution in [0.3, 0.4) is 0 Å². The number of ether oxygens (including phenoxy) is 1. The highest BCUT2D eigenvalue weighted by molar-refractivity contribution is 9.10. The van der Waals surface area contributed by atoms with Crippen molar-refractivity contribution in [3.63, 3.8) is 0 Å². The molecule has 0 atom stereocenters. The second kappa shape index (κ2) is 8.77. The van der Waals surface area contributed by atoms with Gasteiger partial charge in [0.15, 0.2) is 0 Å². The molecule has 2 heterocycles.